The van der Waals surface area contributed by atoms with E-state index in [2.05, 4.69) is 15.9 Å². The maximum absolute atomic E-state index is 13.0. The summed E-state index contributed by atoms with van der Waals surface area (Å²) < 4.78 is 39.1. The largest absolute Gasteiger partial charge is 0.451 e. The standard InChI is InChI=1S/C16H21F3N4O/c1-7-14(3,4)23(15(5,6)8-2)12-10(11(20)24)9-21-13(22-12)16(17,18)19/h1,9H,8H2,2-6H3,(H2,20,24). The Kier molecular flexibility index (Phi) is 5.19. The highest BCUT2D eigenvalue weighted by Gasteiger charge is 2.41. The van der Waals surface area contributed by atoms with Crippen LogP contribution in [0.3, 0.4) is 0 Å². The third-order valence-electron chi connectivity index (χ3n) is 3.88. The van der Waals surface area contributed by atoms with Gasteiger partial charge in [0.05, 0.1) is 5.54 Å². The Morgan fingerprint density at radius 1 is 1.33 bits per heavy atom. The summed E-state index contributed by atoms with van der Waals surface area (Å²) in [6, 6.07) is 0. The van der Waals surface area contributed by atoms with Crippen molar-refractivity contribution in [2.75, 3.05) is 4.90 Å². The molecule has 24 heavy (non-hydrogen) atoms. The number of amides is 1. The Bertz CT molecular complexity index is 675. The van der Waals surface area contributed by atoms with Crippen LogP contribution in [-0.2, 0) is 6.18 Å². The van der Waals surface area contributed by atoms with Crippen LogP contribution in [0.15, 0.2) is 6.20 Å². The number of aromatic nitrogens is 2. The zero-order valence-corrected chi connectivity index (χ0v) is 14.3. The first-order chi connectivity index (χ1) is 10.8. The quantitative estimate of drug-likeness (QED) is 0.835. The van der Waals surface area contributed by atoms with Gasteiger partial charge in [0.1, 0.15) is 11.4 Å². The molecule has 8 heteroatoms. The molecule has 0 radical (unpaired) electrons. The molecule has 1 aromatic rings. The van der Waals surface area contributed by atoms with Crippen molar-refractivity contribution in [1.29, 1.82) is 0 Å². The Morgan fingerprint density at radius 3 is 2.25 bits per heavy atom. The van der Waals surface area contributed by atoms with Crippen LogP contribution >= 0.6 is 0 Å². The van der Waals surface area contributed by atoms with Crippen molar-refractivity contribution in [2.24, 2.45) is 5.73 Å². The Morgan fingerprint density at radius 2 is 1.88 bits per heavy atom. The number of hydrogen-bond acceptors (Lipinski definition) is 4. The third kappa shape index (κ3) is 3.78. The van der Waals surface area contributed by atoms with E-state index in [0.29, 0.717) is 6.42 Å². The fourth-order valence-electron chi connectivity index (χ4n) is 2.38. The predicted molar refractivity (Wildman–Crippen MR) is 85.3 cm³/mol. The second-order valence-corrected chi connectivity index (χ2v) is 6.50. The van der Waals surface area contributed by atoms with Crippen LogP contribution in [0.25, 0.3) is 0 Å². The Hall–Kier alpha value is -2.30. The van der Waals surface area contributed by atoms with Gasteiger partial charge in [0.25, 0.3) is 5.91 Å². The van der Waals surface area contributed by atoms with Crippen LogP contribution in [0, 0.1) is 12.3 Å². The molecule has 0 atom stereocenters. The highest BCUT2D eigenvalue weighted by atomic mass is 19.4. The van der Waals surface area contributed by atoms with Gasteiger partial charge < -0.3 is 10.6 Å². The van der Waals surface area contributed by atoms with Gasteiger partial charge in [0.2, 0.25) is 5.82 Å². The van der Waals surface area contributed by atoms with Gasteiger partial charge in [0, 0.05) is 11.7 Å². The van der Waals surface area contributed by atoms with E-state index in [9.17, 15) is 18.0 Å². The number of halogens is 3. The highest BCUT2D eigenvalue weighted by molar-refractivity contribution is 5.97. The number of anilines is 1. The molecule has 0 aromatic carbocycles. The first-order valence-corrected chi connectivity index (χ1v) is 7.30. The maximum Gasteiger partial charge on any atom is 0.451 e. The number of hydrogen-bond donors (Lipinski definition) is 1. The van der Waals surface area contributed by atoms with E-state index in [1.54, 1.807) is 27.7 Å². The number of carbonyl (C=O) groups is 1. The fourth-order valence-corrected chi connectivity index (χ4v) is 2.38. The minimum absolute atomic E-state index is 0.215. The lowest BCUT2D eigenvalue weighted by Crippen LogP contribution is -2.56. The first kappa shape index (κ1) is 19.7. The minimum Gasteiger partial charge on any atom is -0.365 e. The molecule has 1 amide bonds. The molecule has 5 nitrogen and oxygen atoms in total. The molecule has 0 fully saturated rings. The van der Waals surface area contributed by atoms with Gasteiger partial charge in [0.15, 0.2) is 0 Å². The fraction of sp³-hybridized carbons (Fsp3) is 0.562. The molecule has 0 saturated carbocycles. The van der Waals surface area contributed by atoms with Crippen LogP contribution in [0.2, 0.25) is 0 Å². The molecule has 2 N–H and O–H groups in total. The zero-order chi connectivity index (χ0) is 18.9. The number of nitrogens with two attached hydrogens (primary N) is 1. The van der Waals surface area contributed by atoms with E-state index < -0.39 is 29.0 Å². The maximum atomic E-state index is 13.0. The number of primary amides is 1. The molecule has 0 saturated heterocycles. The minimum atomic E-state index is -4.76. The lowest BCUT2D eigenvalue weighted by molar-refractivity contribution is -0.144. The second kappa shape index (κ2) is 6.30. The smallest absolute Gasteiger partial charge is 0.365 e. The topological polar surface area (TPSA) is 72.1 Å². The molecule has 0 aliphatic carbocycles. The predicted octanol–water partition coefficient (Wildman–Crippen LogP) is 3.00. The van der Waals surface area contributed by atoms with Crippen molar-refractivity contribution in [1.82, 2.24) is 9.97 Å². The summed E-state index contributed by atoms with van der Waals surface area (Å²) in [5, 5.41) is 0. The number of rotatable bonds is 5. The summed E-state index contributed by atoms with van der Waals surface area (Å²) in [6.45, 7) is 8.77. The van der Waals surface area contributed by atoms with Crippen molar-refractivity contribution in [3.8, 4) is 12.3 Å². The summed E-state index contributed by atoms with van der Waals surface area (Å²) >= 11 is 0. The van der Waals surface area contributed by atoms with Crippen LogP contribution < -0.4 is 10.6 Å². The molecular formula is C16H21F3N4O. The van der Waals surface area contributed by atoms with E-state index in [0.717, 1.165) is 6.20 Å². The van der Waals surface area contributed by atoms with Crippen LogP contribution in [0.5, 0.6) is 0 Å². The van der Waals surface area contributed by atoms with E-state index in [4.69, 9.17) is 12.2 Å². The molecule has 1 rings (SSSR count). The molecule has 132 valence electrons. The number of terminal acetylenes is 1. The molecule has 1 aromatic heterocycles. The van der Waals surface area contributed by atoms with Gasteiger partial charge in [-0.2, -0.15) is 13.2 Å². The van der Waals surface area contributed by atoms with Gasteiger partial charge in [-0.05, 0) is 34.1 Å². The summed E-state index contributed by atoms with van der Waals surface area (Å²) in [6.07, 6.45) is 2.15. The second-order valence-electron chi connectivity index (χ2n) is 6.50. The SMILES string of the molecule is C#CC(C)(C)N(c1nc(C(F)(F)F)ncc1C(N)=O)C(C)(C)CC. The lowest BCUT2D eigenvalue weighted by atomic mass is 9.90. The van der Waals surface area contributed by atoms with Gasteiger partial charge >= 0.3 is 6.18 Å². The van der Waals surface area contributed by atoms with E-state index in [1.807, 2.05) is 6.92 Å². The van der Waals surface area contributed by atoms with Gasteiger partial charge in [-0.15, -0.1) is 6.42 Å². The van der Waals surface area contributed by atoms with E-state index in [1.165, 1.54) is 4.90 Å². The van der Waals surface area contributed by atoms with Crippen molar-refractivity contribution in [3.63, 3.8) is 0 Å². The van der Waals surface area contributed by atoms with Crippen molar-refractivity contribution in [3.05, 3.63) is 17.6 Å². The van der Waals surface area contributed by atoms with E-state index in [-0.39, 0.29) is 11.4 Å². The van der Waals surface area contributed by atoms with Gasteiger partial charge in [-0.3, -0.25) is 4.79 Å². The van der Waals surface area contributed by atoms with Crippen molar-refractivity contribution in [2.45, 2.75) is 58.3 Å². The van der Waals surface area contributed by atoms with Crippen molar-refractivity contribution < 1.29 is 18.0 Å². The van der Waals surface area contributed by atoms with E-state index >= 15 is 0 Å². The third-order valence-corrected chi connectivity index (χ3v) is 3.88. The zero-order valence-electron chi connectivity index (χ0n) is 14.3. The molecule has 1 heterocycles. The molecular weight excluding hydrogens is 321 g/mol. The summed E-state index contributed by atoms with van der Waals surface area (Å²) in [4.78, 5) is 20.0. The molecule has 0 aliphatic rings. The average molecular weight is 342 g/mol. The van der Waals surface area contributed by atoms with Crippen LogP contribution in [0.4, 0.5) is 19.0 Å². The summed E-state index contributed by atoms with van der Waals surface area (Å²) in [5.41, 5.74) is 3.39. The molecule has 0 bridgehead atoms. The van der Waals surface area contributed by atoms with Crippen LogP contribution in [-0.4, -0.2) is 27.0 Å². The Labute approximate surface area is 139 Å². The summed E-state index contributed by atoms with van der Waals surface area (Å²) in [5.74, 6) is 0.0325. The summed E-state index contributed by atoms with van der Waals surface area (Å²) in [7, 11) is 0. The Balaban J connectivity index is 3.80. The molecule has 0 unspecified atom stereocenters. The lowest BCUT2D eigenvalue weighted by Gasteiger charge is -2.47. The van der Waals surface area contributed by atoms with Crippen LogP contribution in [0.1, 0.15) is 57.2 Å². The average Bonchev–Trinajstić information content (AvgIpc) is 2.45. The van der Waals surface area contributed by atoms with Gasteiger partial charge in [-0.25, -0.2) is 9.97 Å². The molecule has 0 aliphatic heterocycles. The monoisotopic (exact) mass is 342 g/mol. The molecule has 0 spiro atoms. The number of carbonyl (C=O) groups excluding carboxylic acids is 1. The van der Waals surface area contributed by atoms with Crippen molar-refractivity contribution >= 4 is 11.7 Å². The highest BCUT2D eigenvalue weighted by Crippen LogP contribution is 2.36. The number of nitrogens with zero attached hydrogens (tertiary/aromatic N) is 3. The normalized spacial score (nSPS) is 12.6. The number of alkyl halides is 3. The first-order valence-electron chi connectivity index (χ1n) is 7.30. The van der Waals surface area contributed by atoms with Gasteiger partial charge in [-0.1, -0.05) is 12.8 Å².